The minimum Gasteiger partial charge on any atom is -0.371 e. The van der Waals surface area contributed by atoms with Gasteiger partial charge in [-0.3, -0.25) is 0 Å². The number of hydrazine groups is 1. The van der Waals surface area contributed by atoms with E-state index < -0.39 is 0 Å². The summed E-state index contributed by atoms with van der Waals surface area (Å²) in [4.78, 5) is 4.96. The third-order valence-corrected chi connectivity index (χ3v) is 5.84. The molecule has 2 aromatic carbocycles. The quantitative estimate of drug-likeness (QED) is 0.556. The van der Waals surface area contributed by atoms with Crippen molar-refractivity contribution in [3.63, 3.8) is 0 Å². The third-order valence-electron chi connectivity index (χ3n) is 5.11. The number of nitrogens with zero attached hydrogens (tertiary/aromatic N) is 1. The van der Waals surface area contributed by atoms with Gasteiger partial charge in [0.1, 0.15) is 5.84 Å². The molecule has 0 saturated heterocycles. The van der Waals surface area contributed by atoms with Crippen molar-refractivity contribution in [2.24, 2.45) is 4.99 Å². The smallest absolute Gasteiger partial charge is 0.142 e. The summed E-state index contributed by atoms with van der Waals surface area (Å²) in [6.07, 6.45) is 5.90. The first kappa shape index (κ1) is 17.8. The molecule has 1 aliphatic carbocycles. The van der Waals surface area contributed by atoms with Gasteiger partial charge in [-0.1, -0.05) is 58.9 Å². The van der Waals surface area contributed by atoms with E-state index in [-0.39, 0.29) is 5.54 Å². The van der Waals surface area contributed by atoms with Gasteiger partial charge in [-0.05, 0) is 48.7 Å². The molecule has 0 amide bonds. The van der Waals surface area contributed by atoms with Crippen LogP contribution >= 0.6 is 27.5 Å². The lowest BCUT2D eigenvalue weighted by Crippen LogP contribution is -2.57. The fourth-order valence-corrected chi connectivity index (χ4v) is 4.35. The zero-order valence-electron chi connectivity index (χ0n) is 14.5. The number of hydrogen-bond donors (Lipinski definition) is 3. The fourth-order valence-electron chi connectivity index (χ4n) is 3.79. The molecule has 1 fully saturated rings. The van der Waals surface area contributed by atoms with Crippen molar-refractivity contribution in [3.8, 4) is 0 Å². The second-order valence-corrected chi connectivity index (χ2v) is 8.35. The van der Waals surface area contributed by atoms with Gasteiger partial charge in [0.15, 0.2) is 0 Å². The molecule has 26 heavy (non-hydrogen) atoms. The lowest BCUT2D eigenvalue weighted by atomic mass is 9.79. The first-order valence-corrected chi connectivity index (χ1v) is 10.2. The summed E-state index contributed by atoms with van der Waals surface area (Å²) >= 11 is 9.62. The largest absolute Gasteiger partial charge is 0.371 e. The molecule has 2 aliphatic rings. The van der Waals surface area contributed by atoms with Crippen LogP contribution in [0, 0.1) is 0 Å². The van der Waals surface area contributed by atoms with Crippen molar-refractivity contribution < 1.29 is 0 Å². The molecular weight excluding hydrogens is 412 g/mol. The van der Waals surface area contributed by atoms with Crippen molar-refractivity contribution in [2.45, 2.75) is 44.2 Å². The van der Waals surface area contributed by atoms with Crippen LogP contribution in [0.5, 0.6) is 0 Å². The van der Waals surface area contributed by atoms with Gasteiger partial charge in [0.2, 0.25) is 0 Å². The maximum absolute atomic E-state index is 6.07. The molecule has 2 aromatic rings. The van der Waals surface area contributed by atoms with Gasteiger partial charge < -0.3 is 10.7 Å². The average molecular weight is 434 g/mol. The number of halogens is 2. The summed E-state index contributed by atoms with van der Waals surface area (Å²) in [6, 6.07) is 14.1. The zero-order chi connectivity index (χ0) is 18.0. The molecule has 136 valence electrons. The molecule has 4 rings (SSSR count). The maximum atomic E-state index is 6.07. The van der Waals surface area contributed by atoms with E-state index in [0.29, 0.717) is 6.54 Å². The number of rotatable bonds is 3. The molecule has 0 aromatic heterocycles. The van der Waals surface area contributed by atoms with Crippen LogP contribution in [-0.2, 0) is 6.54 Å². The lowest BCUT2D eigenvalue weighted by Gasteiger charge is -2.42. The summed E-state index contributed by atoms with van der Waals surface area (Å²) in [5.74, 6) is 0.977. The monoisotopic (exact) mass is 432 g/mol. The lowest BCUT2D eigenvalue weighted by molar-refractivity contribution is 0.391. The highest BCUT2D eigenvalue weighted by Crippen LogP contribution is 2.41. The summed E-state index contributed by atoms with van der Waals surface area (Å²) in [6.45, 7) is 0.682. The predicted molar refractivity (Wildman–Crippen MR) is 112 cm³/mol. The van der Waals surface area contributed by atoms with Crippen LogP contribution in [0.4, 0.5) is 11.4 Å². The average Bonchev–Trinajstić information content (AvgIpc) is 2.63. The summed E-state index contributed by atoms with van der Waals surface area (Å²) in [5.41, 5.74) is 9.81. The highest BCUT2D eigenvalue weighted by atomic mass is 79.9. The maximum Gasteiger partial charge on any atom is 0.142 e. The molecule has 6 heteroatoms. The topological polar surface area (TPSA) is 48.5 Å². The number of amidine groups is 1. The van der Waals surface area contributed by atoms with Crippen LogP contribution in [0.1, 0.15) is 37.7 Å². The fraction of sp³-hybridized carbons (Fsp3) is 0.350. The van der Waals surface area contributed by atoms with Crippen molar-refractivity contribution in [1.29, 1.82) is 0 Å². The van der Waals surface area contributed by atoms with E-state index in [1.165, 1.54) is 19.3 Å². The van der Waals surface area contributed by atoms with Gasteiger partial charge in [0.05, 0.1) is 16.9 Å². The summed E-state index contributed by atoms with van der Waals surface area (Å²) in [5, 5.41) is 4.53. The Kier molecular flexibility index (Phi) is 5.20. The molecule has 1 spiro atoms. The van der Waals surface area contributed by atoms with E-state index >= 15 is 0 Å². The van der Waals surface area contributed by atoms with Crippen molar-refractivity contribution in [3.05, 3.63) is 57.5 Å². The Morgan fingerprint density at radius 3 is 2.77 bits per heavy atom. The molecule has 1 aliphatic heterocycles. The van der Waals surface area contributed by atoms with Crippen molar-refractivity contribution >= 4 is 44.7 Å². The van der Waals surface area contributed by atoms with Crippen LogP contribution < -0.4 is 16.2 Å². The normalized spacial score (nSPS) is 18.0. The molecule has 0 bridgehead atoms. The van der Waals surface area contributed by atoms with E-state index in [1.54, 1.807) is 0 Å². The zero-order valence-corrected chi connectivity index (χ0v) is 16.8. The number of aliphatic imine (C=N–C) groups is 1. The van der Waals surface area contributed by atoms with Crippen molar-refractivity contribution in [2.75, 3.05) is 5.32 Å². The molecule has 1 heterocycles. The highest BCUT2D eigenvalue weighted by Gasteiger charge is 2.40. The first-order chi connectivity index (χ1) is 12.6. The molecule has 1 saturated carbocycles. The van der Waals surface area contributed by atoms with Gasteiger partial charge in [-0.15, -0.1) is 0 Å². The predicted octanol–water partition coefficient (Wildman–Crippen LogP) is 5.56. The van der Waals surface area contributed by atoms with Crippen molar-refractivity contribution in [1.82, 2.24) is 10.9 Å². The van der Waals surface area contributed by atoms with Gasteiger partial charge >= 0.3 is 0 Å². The van der Waals surface area contributed by atoms with Crippen LogP contribution in [0.25, 0.3) is 0 Å². The summed E-state index contributed by atoms with van der Waals surface area (Å²) < 4.78 is 1.03. The van der Waals surface area contributed by atoms with Gasteiger partial charge in [-0.25, -0.2) is 10.4 Å². The minimum absolute atomic E-state index is 0.111. The van der Waals surface area contributed by atoms with Gasteiger partial charge in [-0.2, -0.15) is 0 Å². The van der Waals surface area contributed by atoms with Crippen LogP contribution in [0.3, 0.4) is 0 Å². The number of hydrogen-bond acceptors (Lipinski definition) is 4. The van der Waals surface area contributed by atoms with Gasteiger partial charge in [0.25, 0.3) is 0 Å². The molecule has 0 atom stereocenters. The Morgan fingerprint density at radius 2 is 1.96 bits per heavy atom. The molecule has 0 unspecified atom stereocenters. The van der Waals surface area contributed by atoms with E-state index in [4.69, 9.17) is 16.6 Å². The number of anilines is 1. The molecule has 0 radical (unpaired) electrons. The van der Waals surface area contributed by atoms with Crippen LogP contribution in [0.2, 0.25) is 5.02 Å². The Morgan fingerprint density at radius 1 is 1.12 bits per heavy atom. The Hall–Kier alpha value is -1.56. The van der Waals surface area contributed by atoms with E-state index in [1.807, 2.05) is 18.2 Å². The molecular formula is C20H22BrClN4. The first-order valence-electron chi connectivity index (χ1n) is 9.05. The highest BCUT2D eigenvalue weighted by molar-refractivity contribution is 9.10. The minimum atomic E-state index is -0.111. The number of fused-ring (bicyclic) bond motifs is 1. The van der Waals surface area contributed by atoms with Crippen LogP contribution in [-0.4, -0.2) is 11.4 Å². The van der Waals surface area contributed by atoms with Crippen LogP contribution in [0.15, 0.2) is 51.9 Å². The Balaban J connectivity index is 1.55. The summed E-state index contributed by atoms with van der Waals surface area (Å²) in [7, 11) is 0. The standard InChI is InChI=1S/C20H22BrClN4/c21-15-7-8-17-18(12-15)24-19(20(25-17)9-2-1-3-10-20)26-23-13-14-5-4-6-16(22)11-14/h4-8,11-12,23,25H,1-3,9-10,13H2,(H,24,26). The molecule has 3 N–H and O–H groups in total. The van der Waals surface area contributed by atoms with E-state index in [0.717, 1.165) is 45.1 Å². The SMILES string of the molecule is Clc1cccc(CNNC2=Nc3cc(Br)ccc3NC23CCCCC3)c1. The van der Waals surface area contributed by atoms with Gasteiger partial charge in [0, 0.05) is 16.0 Å². The van der Waals surface area contributed by atoms with E-state index in [9.17, 15) is 0 Å². The Labute approximate surface area is 167 Å². The molecule has 4 nitrogen and oxygen atoms in total. The van der Waals surface area contributed by atoms with E-state index in [2.05, 4.69) is 56.4 Å². The number of nitrogens with one attached hydrogen (secondary N) is 3. The second-order valence-electron chi connectivity index (χ2n) is 7.00. The second kappa shape index (κ2) is 7.59. The Bertz CT molecular complexity index is 830. The third kappa shape index (κ3) is 3.75. The number of benzene rings is 2.